The maximum atomic E-state index is 12.0. The summed E-state index contributed by atoms with van der Waals surface area (Å²) < 4.78 is 6.92. The number of aryl methyl sites for hydroxylation is 1. The van der Waals surface area contributed by atoms with Crippen molar-refractivity contribution in [1.29, 1.82) is 0 Å². The third-order valence-corrected chi connectivity index (χ3v) is 4.57. The second-order valence-electron chi connectivity index (χ2n) is 6.83. The van der Waals surface area contributed by atoms with Gasteiger partial charge in [0, 0.05) is 52.7 Å². The van der Waals surface area contributed by atoms with Gasteiger partial charge in [-0.1, -0.05) is 19.8 Å². The third kappa shape index (κ3) is 4.04. The highest BCUT2D eigenvalue weighted by Crippen LogP contribution is 2.36. The molecular weight excluding hydrogens is 364 g/mol. The Bertz CT molecular complexity index is 1120. The van der Waals surface area contributed by atoms with Gasteiger partial charge in [-0.15, -0.1) is 6.42 Å². The molecule has 3 rings (SSSR count). The molecule has 0 fully saturated rings. The van der Waals surface area contributed by atoms with Crippen molar-refractivity contribution >= 4 is 23.1 Å². The summed E-state index contributed by atoms with van der Waals surface area (Å²) in [6.07, 6.45) is 14.0. The van der Waals surface area contributed by atoms with E-state index in [4.69, 9.17) is 16.1 Å². The minimum atomic E-state index is -0.395. The normalized spacial score (nSPS) is 11.3. The van der Waals surface area contributed by atoms with Gasteiger partial charge in [0.15, 0.2) is 5.65 Å². The van der Waals surface area contributed by atoms with E-state index in [0.717, 1.165) is 33.4 Å². The molecule has 0 bridgehead atoms. The van der Waals surface area contributed by atoms with Crippen molar-refractivity contribution in [3.8, 4) is 23.5 Å². The number of pyridine rings is 2. The fourth-order valence-electron chi connectivity index (χ4n) is 3.27. The molecule has 148 valence electrons. The first-order valence-electron chi connectivity index (χ1n) is 9.66. The fraction of sp³-hybridized carbons (Fsp3) is 0.304. The second kappa shape index (κ2) is 8.70. The molecule has 3 aromatic heterocycles. The number of terminal acetylenes is 1. The SMILES string of the molecule is C#Cc1cncc(-c2c(/C=C/C(=O)OCC)c(C(C)C)nc3c2cnn3CC)c1. The van der Waals surface area contributed by atoms with E-state index in [1.807, 2.05) is 17.7 Å². The van der Waals surface area contributed by atoms with Crippen LogP contribution in [0.2, 0.25) is 0 Å². The zero-order valence-corrected chi connectivity index (χ0v) is 17.1. The quantitative estimate of drug-likeness (QED) is 0.360. The summed E-state index contributed by atoms with van der Waals surface area (Å²) in [5.41, 5.74) is 4.95. The predicted octanol–water partition coefficient (Wildman–Crippen LogP) is 4.19. The topological polar surface area (TPSA) is 69.9 Å². The van der Waals surface area contributed by atoms with Crippen LogP contribution in [0, 0.1) is 12.3 Å². The summed E-state index contributed by atoms with van der Waals surface area (Å²) in [5.74, 6) is 2.37. The Morgan fingerprint density at radius 2 is 2.10 bits per heavy atom. The Kier molecular flexibility index (Phi) is 6.08. The van der Waals surface area contributed by atoms with E-state index in [-0.39, 0.29) is 5.92 Å². The van der Waals surface area contributed by atoms with E-state index in [1.165, 1.54) is 6.08 Å². The first-order valence-corrected chi connectivity index (χ1v) is 9.66. The zero-order valence-electron chi connectivity index (χ0n) is 17.1. The van der Waals surface area contributed by atoms with Crippen molar-refractivity contribution in [1.82, 2.24) is 19.7 Å². The summed E-state index contributed by atoms with van der Waals surface area (Å²) >= 11 is 0. The average Bonchev–Trinajstić information content (AvgIpc) is 3.14. The number of hydrogen-bond donors (Lipinski definition) is 0. The fourth-order valence-corrected chi connectivity index (χ4v) is 3.27. The number of carbonyl (C=O) groups is 1. The van der Waals surface area contributed by atoms with Crippen molar-refractivity contribution in [2.24, 2.45) is 0 Å². The van der Waals surface area contributed by atoms with Crippen LogP contribution in [0.1, 0.15) is 50.4 Å². The molecule has 6 heteroatoms. The van der Waals surface area contributed by atoms with Crippen LogP contribution in [-0.2, 0) is 16.1 Å². The summed E-state index contributed by atoms with van der Waals surface area (Å²) in [7, 11) is 0. The molecule has 0 aliphatic heterocycles. The van der Waals surface area contributed by atoms with E-state index in [1.54, 1.807) is 31.6 Å². The smallest absolute Gasteiger partial charge is 0.330 e. The van der Waals surface area contributed by atoms with Gasteiger partial charge in [-0.25, -0.2) is 14.5 Å². The van der Waals surface area contributed by atoms with Crippen molar-refractivity contribution in [3.63, 3.8) is 0 Å². The van der Waals surface area contributed by atoms with Gasteiger partial charge in [-0.05, 0) is 31.9 Å². The number of nitrogens with zero attached hydrogens (tertiary/aromatic N) is 4. The van der Waals surface area contributed by atoms with Crippen molar-refractivity contribution in [2.75, 3.05) is 6.61 Å². The van der Waals surface area contributed by atoms with E-state index < -0.39 is 5.97 Å². The van der Waals surface area contributed by atoms with Crippen LogP contribution in [0.5, 0.6) is 0 Å². The minimum absolute atomic E-state index is 0.129. The lowest BCUT2D eigenvalue weighted by Crippen LogP contribution is -2.05. The molecule has 0 aliphatic carbocycles. The number of ether oxygens (including phenoxy) is 1. The maximum absolute atomic E-state index is 12.0. The Hall–Kier alpha value is -3.46. The highest BCUT2D eigenvalue weighted by molar-refractivity contribution is 5.99. The molecule has 29 heavy (non-hydrogen) atoms. The zero-order chi connectivity index (χ0) is 21.0. The van der Waals surface area contributed by atoms with Gasteiger partial charge in [-0.3, -0.25) is 4.98 Å². The van der Waals surface area contributed by atoms with Gasteiger partial charge in [-0.2, -0.15) is 5.10 Å². The lowest BCUT2D eigenvalue weighted by atomic mass is 9.92. The number of hydrogen-bond acceptors (Lipinski definition) is 5. The van der Waals surface area contributed by atoms with Crippen LogP contribution in [-0.4, -0.2) is 32.3 Å². The number of aromatic nitrogens is 4. The molecule has 6 nitrogen and oxygen atoms in total. The molecule has 0 unspecified atom stereocenters. The molecule has 0 saturated carbocycles. The van der Waals surface area contributed by atoms with Gasteiger partial charge in [0.25, 0.3) is 0 Å². The largest absolute Gasteiger partial charge is 0.463 e. The molecule has 0 spiro atoms. The molecule has 0 N–H and O–H groups in total. The van der Waals surface area contributed by atoms with Gasteiger partial charge in [0.1, 0.15) is 0 Å². The van der Waals surface area contributed by atoms with Gasteiger partial charge in [0.2, 0.25) is 0 Å². The van der Waals surface area contributed by atoms with Crippen molar-refractivity contribution < 1.29 is 9.53 Å². The number of esters is 1. The molecule has 0 atom stereocenters. The van der Waals surface area contributed by atoms with Crippen LogP contribution in [0.3, 0.4) is 0 Å². The van der Waals surface area contributed by atoms with Crippen LogP contribution >= 0.6 is 0 Å². The minimum Gasteiger partial charge on any atom is -0.463 e. The maximum Gasteiger partial charge on any atom is 0.330 e. The lowest BCUT2D eigenvalue weighted by Gasteiger charge is -2.16. The molecule has 0 radical (unpaired) electrons. The van der Waals surface area contributed by atoms with Gasteiger partial charge < -0.3 is 4.74 Å². The molecule has 0 saturated heterocycles. The summed E-state index contributed by atoms with van der Waals surface area (Å²) in [5, 5.41) is 5.37. The number of rotatable bonds is 6. The average molecular weight is 388 g/mol. The Labute approximate surface area is 170 Å². The predicted molar refractivity (Wildman–Crippen MR) is 114 cm³/mol. The Morgan fingerprint density at radius 1 is 1.31 bits per heavy atom. The highest BCUT2D eigenvalue weighted by Gasteiger charge is 2.20. The van der Waals surface area contributed by atoms with Gasteiger partial charge in [0.05, 0.1) is 18.5 Å². The number of fused-ring (bicyclic) bond motifs is 1. The van der Waals surface area contributed by atoms with Crippen molar-refractivity contribution in [2.45, 2.75) is 40.2 Å². The highest BCUT2D eigenvalue weighted by atomic mass is 16.5. The monoisotopic (exact) mass is 388 g/mol. The molecule has 0 aliphatic rings. The van der Waals surface area contributed by atoms with Crippen LogP contribution in [0.25, 0.3) is 28.2 Å². The Balaban J connectivity index is 2.37. The first-order chi connectivity index (χ1) is 14.0. The Morgan fingerprint density at radius 3 is 2.76 bits per heavy atom. The van der Waals surface area contributed by atoms with E-state index in [0.29, 0.717) is 18.7 Å². The molecule has 0 aromatic carbocycles. The molecule has 3 heterocycles. The van der Waals surface area contributed by atoms with E-state index >= 15 is 0 Å². The van der Waals surface area contributed by atoms with Gasteiger partial charge >= 0.3 is 5.97 Å². The number of carbonyl (C=O) groups excluding carboxylic acids is 1. The van der Waals surface area contributed by atoms with Crippen molar-refractivity contribution in [3.05, 3.63) is 47.6 Å². The molecular formula is C23H24N4O2. The standard InChI is InChI=1S/C23H24N4O2/c1-6-16-11-17(13-24-12-16)21-18(9-10-20(28)29-8-3)22(15(4)5)26-23-19(21)14-25-27(23)7-2/h1,9-15H,7-8H2,2-5H3/b10-9+. The second-order valence-corrected chi connectivity index (χ2v) is 6.83. The first kappa shape index (κ1) is 20.3. The third-order valence-electron chi connectivity index (χ3n) is 4.57. The van der Waals surface area contributed by atoms with Crippen LogP contribution < -0.4 is 0 Å². The summed E-state index contributed by atoms with van der Waals surface area (Å²) in [6, 6.07) is 1.91. The summed E-state index contributed by atoms with van der Waals surface area (Å²) in [6.45, 7) is 8.97. The van der Waals surface area contributed by atoms with Crippen LogP contribution in [0.15, 0.2) is 30.7 Å². The lowest BCUT2D eigenvalue weighted by molar-refractivity contribution is -0.137. The molecule has 0 amide bonds. The molecule has 3 aromatic rings. The van der Waals surface area contributed by atoms with E-state index in [9.17, 15) is 4.79 Å². The summed E-state index contributed by atoms with van der Waals surface area (Å²) in [4.78, 5) is 21.2. The van der Waals surface area contributed by atoms with Crippen LogP contribution in [0.4, 0.5) is 0 Å². The van der Waals surface area contributed by atoms with E-state index in [2.05, 4.69) is 29.9 Å².